The van der Waals surface area contributed by atoms with Gasteiger partial charge in [0.2, 0.25) is 9.04 Å². The molecule has 24 heavy (non-hydrogen) atoms. The summed E-state index contributed by atoms with van der Waals surface area (Å²) in [4.78, 5) is 0. The van der Waals surface area contributed by atoms with E-state index in [1.165, 1.54) is 21.9 Å². The zero-order valence-corrected chi connectivity index (χ0v) is 17.5. The van der Waals surface area contributed by atoms with Gasteiger partial charge in [-0.2, -0.15) is 0 Å². The third-order valence-corrected chi connectivity index (χ3v) is 11.2. The minimum absolute atomic E-state index is 0.168. The molecule has 2 aromatic rings. The minimum Gasteiger partial charge on any atom is -0.409 e. The van der Waals surface area contributed by atoms with E-state index in [0.29, 0.717) is 0 Å². The maximum Gasteiger partial charge on any atom is 0.239 e. The number of hydrogen-bond acceptors (Lipinski definition) is 3. The summed E-state index contributed by atoms with van der Waals surface area (Å²) in [5.74, 6) is 2.46. The van der Waals surface area contributed by atoms with Crippen molar-refractivity contribution < 1.29 is 4.43 Å². The van der Waals surface area contributed by atoms with Gasteiger partial charge >= 0.3 is 0 Å². The second-order valence-corrected chi connectivity index (χ2v) is 12.7. The van der Waals surface area contributed by atoms with Crippen LogP contribution in [-0.2, 0) is 4.43 Å². The van der Waals surface area contributed by atoms with Crippen molar-refractivity contribution >= 4 is 42.9 Å². The summed E-state index contributed by atoms with van der Waals surface area (Å²) in [6.45, 7) is 7.88. The Morgan fingerprint density at radius 2 is 1.33 bits per heavy atom. The molecule has 0 aliphatic carbocycles. The molecule has 4 heteroatoms. The molecule has 0 bridgehead atoms. The molecule has 3 rings (SSSR count). The van der Waals surface area contributed by atoms with Gasteiger partial charge in [-0.05, 0) is 15.8 Å². The monoisotopic (exact) mass is 374 g/mol. The molecule has 0 N–H and O–H groups in total. The minimum atomic E-state index is -1.65. The zero-order valence-electron chi connectivity index (χ0n) is 14.7. The van der Waals surface area contributed by atoms with Crippen LogP contribution in [0.1, 0.15) is 20.8 Å². The third kappa shape index (κ3) is 3.93. The van der Waals surface area contributed by atoms with Crippen molar-refractivity contribution in [1.82, 2.24) is 0 Å². The molecule has 0 unspecified atom stereocenters. The highest BCUT2D eigenvalue weighted by molar-refractivity contribution is 8.21. The Morgan fingerprint density at radius 1 is 0.875 bits per heavy atom. The molecule has 0 saturated carbocycles. The van der Waals surface area contributed by atoms with E-state index >= 15 is 0 Å². The lowest BCUT2D eigenvalue weighted by atomic mass is 9.91. The lowest BCUT2D eigenvalue weighted by Gasteiger charge is -2.41. The van der Waals surface area contributed by atoms with Crippen molar-refractivity contribution in [3.05, 3.63) is 60.7 Å². The molecular formula is C20H26OS2Si. The van der Waals surface area contributed by atoms with E-state index in [2.05, 4.69) is 105 Å². The van der Waals surface area contributed by atoms with E-state index in [0.717, 1.165) is 6.61 Å². The quantitative estimate of drug-likeness (QED) is 0.738. The SMILES string of the molecule is CC(C)(C)C1(CO[SiH](c2ccccc2)c2ccccc2)SCCS1. The van der Waals surface area contributed by atoms with Crippen molar-refractivity contribution in [3.8, 4) is 0 Å². The lowest BCUT2D eigenvalue weighted by molar-refractivity contribution is 0.242. The molecule has 1 aliphatic rings. The van der Waals surface area contributed by atoms with Gasteiger partial charge in [0.1, 0.15) is 0 Å². The van der Waals surface area contributed by atoms with Crippen molar-refractivity contribution in [2.45, 2.75) is 24.9 Å². The predicted octanol–water partition coefficient (Wildman–Crippen LogP) is 3.76. The van der Waals surface area contributed by atoms with Gasteiger partial charge in [0, 0.05) is 11.5 Å². The van der Waals surface area contributed by atoms with Gasteiger partial charge in [-0.3, -0.25) is 0 Å². The molecule has 1 aliphatic heterocycles. The molecule has 0 spiro atoms. The highest BCUT2D eigenvalue weighted by Gasteiger charge is 2.46. The van der Waals surface area contributed by atoms with Crippen LogP contribution in [0.15, 0.2) is 60.7 Å². The molecule has 1 nitrogen and oxygen atoms in total. The topological polar surface area (TPSA) is 9.23 Å². The van der Waals surface area contributed by atoms with Crippen molar-refractivity contribution in [2.24, 2.45) is 5.41 Å². The maximum absolute atomic E-state index is 6.73. The largest absolute Gasteiger partial charge is 0.409 e. The van der Waals surface area contributed by atoms with Gasteiger partial charge in [0.05, 0.1) is 10.7 Å². The first-order valence-corrected chi connectivity index (χ1v) is 12.1. The van der Waals surface area contributed by atoms with Crippen LogP contribution in [0.2, 0.25) is 0 Å². The second-order valence-electron chi connectivity index (χ2n) is 7.21. The standard InChI is InChI=1S/C20H26OS2Si/c1-19(2,3)20(22-14-15-23-20)16-21-24(17-10-6-4-7-11-17)18-12-8-5-9-13-18/h4-13,24H,14-16H2,1-3H3. The molecule has 0 amide bonds. The first-order valence-electron chi connectivity index (χ1n) is 8.51. The zero-order chi connectivity index (χ0) is 17.0. The Balaban J connectivity index is 1.85. The average molecular weight is 375 g/mol. The van der Waals surface area contributed by atoms with Gasteiger partial charge in [0.15, 0.2) is 0 Å². The van der Waals surface area contributed by atoms with Crippen molar-refractivity contribution in [2.75, 3.05) is 18.1 Å². The van der Waals surface area contributed by atoms with Crippen LogP contribution in [0, 0.1) is 5.41 Å². The molecule has 1 fully saturated rings. The number of thioether (sulfide) groups is 2. The van der Waals surface area contributed by atoms with Crippen LogP contribution in [0.5, 0.6) is 0 Å². The van der Waals surface area contributed by atoms with Gasteiger partial charge in [-0.25, -0.2) is 0 Å². The Bertz CT molecular complexity index is 594. The van der Waals surface area contributed by atoms with Gasteiger partial charge in [-0.1, -0.05) is 81.4 Å². The summed E-state index contributed by atoms with van der Waals surface area (Å²) in [6, 6.07) is 21.6. The van der Waals surface area contributed by atoms with E-state index in [-0.39, 0.29) is 9.49 Å². The fraction of sp³-hybridized carbons (Fsp3) is 0.400. The first-order chi connectivity index (χ1) is 11.5. The molecule has 1 saturated heterocycles. The second kappa shape index (κ2) is 7.69. The lowest BCUT2D eigenvalue weighted by Crippen LogP contribution is -2.49. The van der Waals surface area contributed by atoms with Crippen LogP contribution in [0.3, 0.4) is 0 Å². The Kier molecular flexibility index (Phi) is 5.80. The Morgan fingerprint density at radius 3 is 1.75 bits per heavy atom. The van der Waals surface area contributed by atoms with Gasteiger partial charge in [0.25, 0.3) is 0 Å². The van der Waals surface area contributed by atoms with Crippen LogP contribution in [0.25, 0.3) is 0 Å². The summed E-state index contributed by atoms with van der Waals surface area (Å²) >= 11 is 4.18. The molecule has 128 valence electrons. The molecule has 0 radical (unpaired) electrons. The smallest absolute Gasteiger partial charge is 0.239 e. The average Bonchev–Trinajstić information content (AvgIpc) is 3.07. The number of rotatable bonds is 5. The Hall–Kier alpha value is -0.683. The fourth-order valence-electron chi connectivity index (χ4n) is 3.02. The molecule has 0 aromatic heterocycles. The highest BCUT2D eigenvalue weighted by atomic mass is 32.2. The summed E-state index contributed by atoms with van der Waals surface area (Å²) in [5, 5.41) is 2.72. The predicted molar refractivity (Wildman–Crippen MR) is 112 cm³/mol. The molecule has 2 aromatic carbocycles. The highest BCUT2D eigenvalue weighted by Crippen LogP contribution is 2.54. The van der Waals surface area contributed by atoms with Crippen LogP contribution in [-0.4, -0.2) is 31.2 Å². The van der Waals surface area contributed by atoms with Crippen LogP contribution in [0.4, 0.5) is 0 Å². The summed E-state index contributed by atoms with van der Waals surface area (Å²) in [6.07, 6.45) is 0. The first kappa shape index (κ1) is 18.1. The van der Waals surface area contributed by atoms with E-state index in [1.807, 2.05) is 0 Å². The third-order valence-electron chi connectivity index (χ3n) is 4.54. The summed E-state index contributed by atoms with van der Waals surface area (Å²) in [7, 11) is -1.65. The normalized spacial score (nSPS) is 17.3. The van der Waals surface area contributed by atoms with Crippen molar-refractivity contribution in [1.29, 1.82) is 0 Å². The molecule has 1 heterocycles. The maximum atomic E-state index is 6.73. The summed E-state index contributed by atoms with van der Waals surface area (Å²) in [5.41, 5.74) is 0.227. The van der Waals surface area contributed by atoms with Gasteiger partial charge in [-0.15, -0.1) is 23.5 Å². The number of hydrogen-bond donors (Lipinski definition) is 0. The van der Waals surface area contributed by atoms with E-state index in [1.54, 1.807) is 0 Å². The van der Waals surface area contributed by atoms with Crippen molar-refractivity contribution in [3.63, 3.8) is 0 Å². The van der Waals surface area contributed by atoms with Gasteiger partial charge < -0.3 is 4.43 Å². The van der Waals surface area contributed by atoms with Crippen LogP contribution >= 0.6 is 23.5 Å². The van der Waals surface area contributed by atoms with E-state index in [9.17, 15) is 0 Å². The molecular weight excluding hydrogens is 348 g/mol. The van der Waals surface area contributed by atoms with E-state index < -0.39 is 9.04 Å². The van der Waals surface area contributed by atoms with E-state index in [4.69, 9.17) is 4.43 Å². The van der Waals surface area contributed by atoms with Crippen LogP contribution < -0.4 is 10.4 Å². The molecule has 0 atom stereocenters. The fourth-order valence-corrected chi connectivity index (χ4v) is 8.92. The summed E-state index contributed by atoms with van der Waals surface area (Å²) < 4.78 is 6.89. The Labute approximate surface area is 156 Å². The number of benzene rings is 2.